The SMILES string of the molecule is CN(C)CC[C@@]12CCCC[C@]1(O)CCc1ccccc12.Cl. The summed E-state index contributed by atoms with van der Waals surface area (Å²) in [6.07, 6.45) is 7.62. The van der Waals surface area contributed by atoms with Crippen LogP contribution in [0.15, 0.2) is 24.3 Å². The Morgan fingerprint density at radius 1 is 1.10 bits per heavy atom. The van der Waals surface area contributed by atoms with Crippen molar-refractivity contribution < 1.29 is 5.11 Å². The molecule has 118 valence electrons. The van der Waals surface area contributed by atoms with E-state index in [1.54, 1.807) is 0 Å². The second kappa shape index (κ2) is 6.28. The van der Waals surface area contributed by atoms with Crippen LogP contribution in [0.25, 0.3) is 0 Å². The summed E-state index contributed by atoms with van der Waals surface area (Å²) in [6.45, 7) is 1.05. The molecule has 0 aromatic heterocycles. The number of halogens is 1. The Kier molecular flexibility index (Phi) is 5.02. The second-order valence-corrected chi connectivity index (χ2v) is 7.03. The zero-order chi connectivity index (χ0) is 14.2. The fourth-order valence-electron chi connectivity index (χ4n) is 4.52. The molecule has 1 N–H and O–H groups in total. The number of hydrogen-bond donors (Lipinski definition) is 1. The van der Waals surface area contributed by atoms with Gasteiger partial charge in [-0.3, -0.25) is 0 Å². The first-order chi connectivity index (χ1) is 9.57. The van der Waals surface area contributed by atoms with Crippen molar-refractivity contribution in [3.63, 3.8) is 0 Å². The molecule has 1 saturated carbocycles. The van der Waals surface area contributed by atoms with Gasteiger partial charge in [-0.15, -0.1) is 12.4 Å². The Morgan fingerprint density at radius 2 is 1.81 bits per heavy atom. The molecular formula is C18H28ClNO. The Labute approximate surface area is 135 Å². The third kappa shape index (κ3) is 2.74. The average molecular weight is 310 g/mol. The fraction of sp³-hybridized carbons (Fsp3) is 0.667. The zero-order valence-electron chi connectivity index (χ0n) is 13.3. The molecule has 1 fully saturated rings. The van der Waals surface area contributed by atoms with Gasteiger partial charge >= 0.3 is 0 Å². The van der Waals surface area contributed by atoms with Crippen LogP contribution in [0.1, 0.15) is 49.7 Å². The topological polar surface area (TPSA) is 23.5 Å². The molecule has 0 bridgehead atoms. The van der Waals surface area contributed by atoms with Gasteiger partial charge in [-0.05, 0) is 63.9 Å². The number of fused-ring (bicyclic) bond motifs is 3. The van der Waals surface area contributed by atoms with E-state index >= 15 is 0 Å². The summed E-state index contributed by atoms with van der Waals surface area (Å²) < 4.78 is 0. The highest BCUT2D eigenvalue weighted by atomic mass is 35.5. The molecule has 2 aliphatic rings. The lowest BCUT2D eigenvalue weighted by atomic mass is 9.53. The second-order valence-electron chi connectivity index (χ2n) is 7.03. The van der Waals surface area contributed by atoms with Crippen molar-refractivity contribution in [2.75, 3.05) is 20.6 Å². The number of benzene rings is 1. The van der Waals surface area contributed by atoms with E-state index < -0.39 is 5.60 Å². The number of nitrogens with zero attached hydrogens (tertiary/aromatic N) is 1. The summed E-state index contributed by atoms with van der Waals surface area (Å²) in [5.74, 6) is 0. The standard InChI is InChI=1S/C18H27NO.ClH/c1-19(2)14-13-17-10-5-6-11-18(17,20)12-9-15-7-3-4-8-16(15)17;/h3-4,7-8,20H,5-6,9-14H2,1-2H3;1H/t17-,18+;/m1./s1. The Balaban J connectivity index is 0.00000161. The van der Waals surface area contributed by atoms with Crippen molar-refractivity contribution in [1.82, 2.24) is 4.90 Å². The van der Waals surface area contributed by atoms with Crippen molar-refractivity contribution in [2.45, 2.75) is 56.0 Å². The molecule has 21 heavy (non-hydrogen) atoms. The third-order valence-electron chi connectivity index (χ3n) is 5.66. The number of rotatable bonds is 3. The highest BCUT2D eigenvalue weighted by Crippen LogP contribution is 2.54. The molecule has 0 unspecified atom stereocenters. The molecular weight excluding hydrogens is 282 g/mol. The number of hydrogen-bond acceptors (Lipinski definition) is 2. The summed E-state index contributed by atoms with van der Waals surface area (Å²) in [5, 5.41) is 11.4. The van der Waals surface area contributed by atoms with Gasteiger partial charge in [0, 0.05) is 5.41 Å². The van der Waals surface area contributed by atoms with E-state index in [-0.39, 0.29) is 17.8 Å². The number of aliphatic hydroxyl groups is 1. The average Bonchev–Trinajstić information content (AvgIpc) is 2.45. The van der Waals surface area contributed by atoms with Crippen LogP contribution in [0.5, 0.6) is 0 Å². The molecule has 3 heteroatoms. The van der Waals surface area contributed by atoms with Gasteiger partial charge in [-0.25, -0.2) is 0 Å². The van der Waals surface area contributed by atoms with Gasteiger partial charge in [0.2, 0.25) is 0 Å². The zero-order valence-corrected chi connectivity index (χ0v) is 14.1. The lowest BCUT2D eigenvalue weighted by molar-refractivity contribution is -0.0887. The predicted molar refractivity (Wildman–Crippen MR) is 90.3 cm³/mol. The third-order valence-corrected chi connectivity index (χ3v) is 5.66. The highest BCUT2D eigenvalue weighted by molar-refractivity contribution is 5.85. The molecule has 1 aromatic carbocycles. The molecule has 0 spiro atoms. The molecule has 0 saturated heterocycles. The van der Waals surface area contributed by atoms with Gasteiger partial charge < -0.3 is 10.0 Å². The Bertz CT molecular complexity index is 490. The van der Waals surface area contributed by atoms with Crippen LogP contribution >= 0.6 is 12.4 Å². The van der Waals surface area contributed by atoms with Gasteiger partial charge in [0.1, 0.15) is 0 Å². The summed E-state index contributed by atoms with van der Waals surface area (Å²) in [4.78, 5) is 2.25. The first kappa shape index (κ1) is 16.8. The van der Waals surface area contributed by atoms with Crippen molar-refractivity contribution in [3.8, 4) is 0 Å². The summed E-state index contributed by atoms with van der Waals surface area (Å²) in [5.41, 5.74) is 2.42. The molecule has 2 atom stereocenters. The first-order valence-electron chi connectivity index (χ1n) is 8.03. The minimum absolute atomic E-state index is 0. The van der Waals surface area contributed by atoms with E-state index in [2.05, 4.69) is 43.3 Å². The van der Waals surface area contributed by atoms with Crippen molar-refractivity contribution in [3.05, 3.63) is 35.4 Å². The monoisotopic (exact) mass is 309 g/mol. The molecule has 2 aliphatic carbocycles. The van der Waals surface area contributed by atoms with Crippen molar-refractivity contribution >= 4 is 12.4 Å². The molecule has 3 rings (SSSR count). The molecule has 1 aromatic rings. The normalized spacial score (nSPS) is 31.2. The van der Waals surface area contributed by atoms with Crippen LogP contribution in [0.3, 0.4) is 0 Å². The minimum Gasteiger partial charge on any atom is -0.389 e. The lowest BCUT2D eigenvalue weighted by Crippen LogP contribution is -2.57. The van der Waals surface area contributed by atoms with E-state index in [0.29, 0.717) is 0 Å². The van der Waals surface area contributed by atoms with Crippen LogP contribution in [-0.2, 0) is 11.8 Å². The van der Waals surface area contributed by atoms with Crippen LogP contribution in [-0.4, -0.2) is 36.2 Å². The predicted octanol–water partition coefficient (Wildman–Crippen LogP) is 3.55. The minimum atomic E-state index is -0.477. The Morgan fingerprint density at radius 3 is 2.57 bits per heavy atom. The van der Waals surface area contributed by atoms with Gasteiger partial charge in [-0.1, -0.05) is 37.1 Å². The van der Waals surface area contributed by atoms with Gasteiger partial charge in [-0.2, -0.15) is 0 Å². The van der Waals surface area contributed by atoms with Crippen LogP contribution in [0, 0.1) is 0 Å². The maximum absolute atomic E-state index is 11.4. The van der Waals surface area contributed by atoms with Crippen LogP contribution in [0.2, 0.25) is 0 Å². The summed E-state index contributed by atoms with van der Waals surface area (Å²) in [6, 6.07) is 8.84. The van der Waals surface area contributed by atoms with Gasteiger partial charge in [0.15, 0.2) is 0 Å². The summed E-state index contributed by atoms with van der Waals surface area (Å²) in [7, 11) is 4.26. The van der Waals surface area contributed by atoms with E-state index in [0.717, 1.165) is 38.6 Å². The molecule has 2 nitrogen and oxygen atoms in total. The lowest BCUT2D eigenvalue weighted by Gasteiger charge is -2.55. The first-order valence-corrected chi connectivity index (χ1v) is 8.03. The van der Waals surface area contributed by atoms with Crippen LogP contribution in [0.4, 0.5) is 0 Å². The maximum atomic E-state index is 11.4. The Hall–Kier alpha value is -0.570. The van der Waals surface area contributed by atoms with Crippen molar-refractivity contribution in [2.24, 2.45) is 0 Å². The van der Waals surface area contributed by atoms with E-state index in [9.17, 15) is 5.11 Å². The van der Waals surface area contributed by atoms with Gasteiger partial charge in [0.25, 0.3) is 0 Å². The molecule has 0 amide bonds. The van der Waals surface area contributed by atoms with Gasteiger partial charge in [0.05, 0.1) is 5.60 Å². The fourth-order valence-corrected chi connectivity index (χ4v) is 4.52. The van der Waals surface area contributed by atoms with E-state index in [1.807, 2.05) is 0 Å². The molecule has 0 radical (unpaired) electrons. The molecule has 0 aliphatic heterocycles. The van der Waals surface area contributed by atoms with E-state index in [1.165, 1.54) is 24.0 Å². The maximum Gasteiger partial charge on any atom is 0.0747 e. The van der Waals surface area contributed by atoms with Crippen molar-refractivity contribution in [1.29, 1.82) is 0 Å². The highest BCUT2D eigenvalue weighted by Gasteiger charge is 2.54. The van der Waals surface area contributed by atoms with E-state index in [4.69, 9.17) is 0 Å². The quantitative estimate of drug-likeness (QED) is 0.923. The molecule has 0 heterocycles. The van der Waals surface area contributed by atoms with Crippen LogP contribution < -0.4 is 0 Å². The summed E-state index contributed by atoms with van der Waals surface area (Å²) >= 11 is 0. The number of aryl methyl sites for hydroxylation is 1. The smallest absolute Gasteiger partial charge is 0.0747 e. The largest absolute Gasteiger partial charge is 0.389 e.